The van der Waals surface area contributed by atoms with Crippen LogP contribution in [-0.4, -0.2) is 17.0 Å². The van der Waals surface area contributed by atoms with E-state index in [1.165, 1.54) is 0 Å². The molecule has 0 aromatic rings. The maximum absolute atomic E-state index is 11.4. The highest BCUT2D eigenvalue weighted by Crippen LogP contribution is 2.38. The summed E-state index contributed by atoms with van der Waals surface area (Å²) in [4.78, 5) is 11.4. The van der Waals surface area contributed by atoms with Crippen LogP contribution in [0, 0.1) is 11.8 Å². The molecule has 2 nitrogen and oxygen atoms in total. The van der Waals surface area contributed by atoms with Gasteiger partial charge in [-0.25, -0.2) is 0 Å². The van der Waals surface area contributed by atoms with Gasteiger partial charge in [0.15, 0.2) is 0 Å². The summed E-state index contributed by atoms with van der Waals surface area (Å²) in [6.45, 7) is 0. The Morgan fingerprint density at radius 3 is 2.50 bits per heavy atom. The van der Waals surface area contributed by atoms with Crippen LogP contribution in [0.5, 0.6) is 0 Å². The van der Waals surface area contributed by atoms with E-state index in [1.54, 1.807) is 0 Å². The van der Waals surface area contributed by atoms with E-state index < -0.39 is 0 Å². The van der Waals surface area contributed by atoms with Gasteiger partial charge in [0.1, 0.15) is 5.78 Å². The summed E-state index contributed by atoms with van der Waals surface area (Å²) < 4.78 is 0. The van der Waals surface area contributed by atoms with E-state index in [9.17, 15) is 9.90 Å². The summed E-state index contributed by atoms with van der Waals surface area (Å²) in [5.74, 6) is 0.920. The lowest BCUT2D eigenvalue weighted by Gasteiger charge is -2.19. The summed E-state index contributed by atoms with van der Waals surface area (Å²) >= 11 is 0. The highest BCUT2D eigenvalue weighted by Gasteiger charge is 2.38. The van der Waals surface area contributed by atoms with Crippen LogP contribution in [0.15, 0.2) is 0 Å². The highest BCUT2D eigenvalue weighted by atomic mass is 16.3. The Balaban J connectivity index is 2.03. The number of Topliss-reactive ketones (excluding diaryl/α,β-unsaturated/α-hetero) is 1. The number of aliphatic hydroxyl groups is 1. The van der Waals surface area contributed by atoms with Crippen molar-refractivity contribution in [2.45, 2.75) is 44.6 Å². The van der Waals surface area contributed by atoms with Crippen LogP contribution in [0.3, 0.4) is 0 Å². The zero-order valence-electron chi connectivity index (χ0n) is 7.33. The van der Waals surface area contributed by atoms with Crippen LogP contribution in [-0.2, 0) is 4.79 Å². The van der Waals surface area contributed by atoms with Gasteiger partial charge in [-0.3, -0.25) is 4.79 Å². The van der Waals surface area contributed by atoms with Gasteiger partial charge in [-0.1, -0.05) is 6.42 Å². The molecule has 0 amide bonds. The standard InChI is InChI=1S/C10H16O2/c11-9-5-1-3-7(9)8-4-2-6-10(8)12/h7-9,11H,1-6H2. The molecule has 1 N–H and O–H groups in total. The molecule has 0 heterocycles. The van der Waals surface area contributed by atoms with Gasteiger partial charge in [-0.05, 0) is 31.6 Å². The van der Waals surface area contributed by atoms with Crippen molar-refractivity contribution in [1.82, 2.24) is 0 Å². The molecule has 2 heteroatoms. The van der Waals surface area contributed by atoms with E-state index >= 15 is 0 Å². The fraction of sp³-hybridized carbons (Fsp3) is 0.900. The molecule has 0 saturated heterocycles. The number of carbonyl (C=O) groups excluding carboxylic acids is 1. The zero-order valence-corrected chi connectivity index (χ0v) is 7.33. The molecular formula is C10H16O2. The minimum Gasteiger partial charge on any atom is -0.393 e. The Labute approximate surface area is 73.0 Å². The lowest BCUT2D eigenvalue weighted by atomic mass is 9.87. The number of rotatable bonds is 1. The second-order valence-corrected chi connectivity index (χ2v) is 4.13. The topological polar surface area (TPSA) is 37.3 Å². The van der Waals surface area contributed by atoms with Crippen LogP contribution in [0.1, 0.15) is 38.5 Å². The quantitative estimate of drug-likeness (QED) is 0.644. The van der Waals surface area contributed by atoms with Crippen LogP contribution in [0.25, 0.3) is 0 Å². The minimum atomic E-state index is -0.183. The van der Waals surface area contributed by atoms with Crippen molar-refractivity contribution in [3.05, 3.63) is 0 Å². The van der Waals surface area contributed by atoms with Crippen molar-refractivity contribution in [2.75, 3.05) is 0 Å². The fourth-order valence-corrected chi connectivity index (χ4v) is 2.73. The SMILES string of the molecule is O=C1CCCC1C1CCCC1O. The lowest BCUT2D eigenvalue weighted by molar-refractivity contribution is -0.123. The largest absolute Gasteiger partial charge is 0.393 e. The fourth-order valence-electron chi connectivity index (χ4n) is 2.73. The summed E-state index contributed by atoms with van der Waals surface area (Å²) in [5, 5.41) is 9.61. The third-order valence-corrected chi connectivity index (χ3v) is 3.40. The van der Waals surface area contributed by atoms with E-state index in [0.29, 0.717) is 11.7 Å². The van der Waals surface area contributed by atoms with Gasteiger partial charge in [-0.2, -0.15) is 0 Å². The van der Waals surface area contributed by atoms with Gasteiger partial charge in [0.2, 0.25) is 0 Å². The number of ketones is 1. The van der Waals surface area contributed by atoms with Gasteiger partial charge in [-0.15, -0.1) is 0 Å². The maximum Gasteiger partial charge on any atom is 0.136 e. The van der Waals surface area contributed by atoms with Crippen molar-refractivity contribution < 1.29 is 9.90 Å². The molecular weight excluding hydrogens is 152 g/mol. The van der Waals surface area contributed by atoms with Crippen LogP contribution in [0.2, 0.25) is 0 Å². The molecule has 12 heavy (non-hydrogen) atoms. The van der Waals surface area contributed by atoms with Gasteiger partial charge in [0.05, 0.1) is 6.10 Å². The molecule has 0 aliphatic heterocycles. The van der Waals surface area contributed by atoms with Crippen molar-refractivity contribution in [3.63, 3.8) is 0 Å². The van der Waals surface area contributed by atoms with Crippen LogP contribution < -0.4 is 0 Å². The van der Waals surface area contributed by atoms with Crippen molar-refractivity contribution >= 4 is 5.78 Å². The first-order valence-electron chi connectivity index (χ1n) is 5.00. The number of hydrogen-bond acceptors (Lipinski definition) is 2. The van der Waals surface area contributed by atoms with Gasteiger partial charge in [0.25, 0.3) is 0 Å². The lowest BCUT2D eigenvalue weighted by Crippen LogP contribution is -2.25. The average molecular weight is 168 g/mol. The van der Waals surface area contributed by atoms with E-state index in [2.05, 4.69) is 0 Å². The number of carbonyl (C=O) groups is 1. The van der Waals surface area contributed by atoms with E-state index in [-0.39, 0.29) is 12.0 Å². The zero-order chi connectivity index (χ0) is 8.55. The van der Waals surface area contributed by atoms with Gasteiger partial charge in [0, 0.05) is 12.3 Å². The smallest absolute Gasteiger partial charge is 0.136 e. The first-order valence-corrected chi connectivity index (χ1v) is 5.00. The van der Waals surface area contributed by atoms with Crippen molar-refractivity contribution in [1.29, 1.82) is 0 Å². The molecule has 0 radical (unpaired) electrons. The molecule has 0 aromatic heterocycles. The summed E-state index contributed by atoms with van der Waals surface area (Å²) in [6, 6.07) is 0. The molecule has 3 unspecified atom stereocenters. The second kappa shape index (κ2) is 3.17. The molecule has 2 rings (SSSR count). The monoisotopic (exact) mass is 168 g/mol. The Kier molecular flexibility index (Phi) is 2.18. The average Bonchev–Trinajstić information content (AvgIpc) is 2.59. The molecule has 2 fully saturated rings. The van der Waals surface area contributed by atoms with Crippen molar-refractivity contribution in [3.8, 4) is 0 Å². The second-order valence-electron chi connectivity index (χ2n) is 4.13. The predicted molar refractivity (Wildman–Crippen MR) is 45.7 cm³/mol. The molecule has 0 bridgehead atoms. The van der Waals surface area contributed by atoms with Crippen LogP contribution >= 0.6 is 0 Å². The van der Waals surface area contributed by atoms with Gasteiger partial charge < -0.3 is 5.11 Å². The Morgan fingerprint density at radius 1 is 1.17 bits per heavy atom. The Bertz CT molecular complexity index is 188. The molecule has 2 aliphatic rings. The first kappa shape index (κ1) is 8.24. The summed E-state index contributed by atoms with van der Waals surface area (Å²) in [5.41, 5.74) is 0. The van der Waals surface area contributed by atoms with E-state index in [1.807, 2.05) is 0 Å². The third kappa shape index (κ3) is 1.28. The molecule has 2 aliphatic carbocycles. The predicted octanol–water partition coefficient (Wildman–Crippen LogP) is 1.52. The Morgan fingerprint density at radius 2 is 2.00 bits per heavy atom. The van der Waals surface area contributed by atoms with Crippen LogP contribution in [0.4, 0.5) is 0 Å². The third-order valence-electron chi connectivity index (χ3n) is 3.40. The highest BCUT2D eigenvalue weighted by molar-refractivity contribution is 5.83. The first-order chi connectivity index (χ1) is 5.79. The molecule has 3 atom stereocenters. The summed E-state index contributed by atoms with van der Waals surface area (Å²) in [7, 11) is 0. The minimum absolute atomic E-state index is 0.183. The maximum atomic E-state index is 11.4. The van der Waals surface area contributed by atoms with Crippen molar-refractivity contribution in [2.24, 2.45) is 11.8 Å². The Hall–Kier alpha value is -0.370. The molecule has 68 valence electrons. The van der Waals surface area contributed by atoms with Gasteiger partial charge >= 0.3 is 0 Å². The van der Waals surface area contributed by atoms with E-state index in [4.69, 9.17) is 0 Å². The summed E-state index contributed by atoms with van der Waals surface area (Å²) in [6.07, 6.45) is 5.74. The normalized spacial score (nSPS) is 42.4. The molecule has 2 saturated carbocycles. The van der Waals surface area contributed by atoms with E-state index in [0.717, 1.165) is 38.5 Å². The molecule has 0 aromatic carbocycles. The molecule has 0 spiro atoms. The number of hydrogen-bond donors (Lipinski definition) is 1. The number of aliphatic hydroxyl groups excluding tert-OH is 1.